The molecule has 1 aromatic carbocycles. The van der Waals surface area contributed by atoms with Gasteiger partial charge in [0.2, 0.25) is 0 Å². The lowest BCUT2D eigenvalue weighted by atomic mass is 10.0. The van der Waals surface area contributed by atoms with Gasteiger partial charge in [-0.3, -0.25) is 9.59 Å². The Morgan fingerprint density at radius 1 is 1.00 bits per heavy atom. The number of ether oxygens (including phenoxy) is 1. The minimum atomic E-state index is -0.446. The van der Waals surface area contributed by atoms with E-state index in [1.165, 1.54) is 19.6 Å². The van der Waals surface area contributed by atoms with Crippen LogP contribution in [0.25, 0.3) is 0 Å². The first-order chi connectivity index (χ1) is 16.4. The highest BCUT2D eigenvalue weighted by Gasteiger charge is 2.29. The van der Waals surface area contributed by atoms with E-state index < -0.39 is 5.97 Å². The molecule has 1 unspecified atom stereocenters. The third-order valence-corrected chi connectivity index (χ3v) is 5.91. The molecule has 10 nitrogen and oxygen atoms in total. The first kappa shape index (κ1) is 23.2. The summed E-state index contributed by atoms with van der Waals surface area (Å²) in [5, 5.41) is 11.8. The number of furan rings is 1. The number of rotatable bonds is 6. The molecule has 2 amide bonds. The summed E-state index contributed by atoms with van der Waals surface area (Å²) in [6.07, 6.45) is 3.40. The molecule has 0 radical (unpaired) electrons. The van der Waals surface area contributed by atoms with Gasteiger partial charge in [-0.2, -0.15) is 0 Å². The highest BCUT2D eigenvalue weighted by atomic mass is 16.5. The predicted molar refractivity (Wildman–Crippen MR) is 121 cm³/mol. The fraction of sp³-hybridized carbons (Fsp3) is 0.375. The molecule has 0 fully saturated rings. The SMILES string of the molecule is COC(=O)c1ccc(C(=O)N2CCc3nnc(C(NC(=O)c4ccoc4)C(C)C)n3CC2)cc1. The van der Waals surface area contributed by atoms with E-state index in [9.17, 15) is 14.4 Å². The van der Waals surface area contributed by atoms with E-state index in [1.807, 2.05) is 18.4 Å². The fourth-order valence-electron chi connectivity index (χ4n) is 3.98. The van der Waals surface area contributed by atoms with Crippen LogP contribution in [0, 0.1) is 5.92 Å². The Morgan fingerprint density at radius 2 is 1.74 bits per heavy atom. The Labute approximate surface area is 196 Å². The number of amides is 2. The Bertz CT molecular complexity index is 1170. The van der Waals surface area contributed by atoms with Crippen molar-refractivity contribution >= 4 is 17.8 Å². The molecule has 34 heavy (non-hydrogen) atoms. The van der Waals surface area contributed by atoms with Gasteiger partial charge in [0.25, 0.3) is 11.8 Å². The number of hydrogen-bond donors (Lipinski definition) is 1. The van der Waals surface area contributed by atoms with Gasteiger partial charge >= 0.3 is 5.97 Å². The van der Waals surface area contributed by atoms with Crippen molar-refractivity contribution in [3.63, 3.8) is 0 Å². The molecule has 2 aromatic heterocycles. The maximum Gasteiger partial charge on any atom is 0.337 e. The molecule has 1 aliphatic rings. The monoisotopic (exact) mass is 465 g/mol. The second kappa shape index (κ2) is 9.90. The first-order valence-corrected chi connectivity index (χ1v) is 11.1. The van der Waals surface area contributed by atoms with Crippen LogP contribution in [0.3, 0.4) is 0 Å². The number of benzene rings is 1. The minimum absolute atomic E-state index is 0.0680. The largest absolute Gasteiger partial charge is 0.472 e. The second-order valence-corrected chi connectivity index (χ2v) is 8.44. The molecule has 0 bridgehead atoms. The molecular weight excluding hydrogens is 438 g/mol. The van der Waals surface area contributed by atoms with Crippen LogP contribution in [0.5, 0.6) is 0 Å². The summed E-state index contributed by atoms with van der Waals surface area (Å²) in [5.74, 6) is 0.696. The maximum atomic E-state index is 13.1. The number of carbonyl (C=O) groups is 3. The van der Waals surface area contributed by atoms with Crippen LogP contribution in [0.15, 0.2) is 47.3 Å². The van der Waals surface area contributed by atoms with Crippen molar-refractivity contribution in [2.75, 3.05) is 20.2 Å². The number of methoxy groups -OCH3 is 1. The molecule has 10 heteroatoms. The average molecular weight is 466 g/mol. The van der Waals surface area contributed by atoms with Gasteiger partial charge in [0.1, 0.15) is 12.1 Å². The standard InChI is InChI=1S/C24H27N5O5/c1-15(2)20(25-22(30)18-9-13-34-14-18)21-27-26-19-8-10-28(11-12-29(19)21)23(31)16-4-6-17(7-5-16)24(32)33-3/h4-7,9,13-15,20H,8,10-12H2,1-3H3,(H,25,30). The maximum absolute atomic E-state index is 13.1. The van der Waals surface area contributed by atoms with Crippen molar-refractivity contribution in [1.29, 1.82) is 0 Å². The molecule has 178 valence electrons. The number of esters is 1. The summed E-state index contributed by atoms with van der Waals surface area (Å²) in [6, 6.07) is 7.69. The topological polar surface area (TPSA) is 120 Å². The molecular formula is C24H27N5O5. The van der Waals surface area contributed by atoms with Gasteiger partial charge in [-0.1, -0.05) is 13.8 Å². The summed E-state index contributed by atoms with van der Waals surface area (Å²) >= 11 is 0. The van der Waals surface area contributed by atoms with E-state index in [0.29, 0.717) is 48.6 Å². The minimum Gasteiger partial charge on any atom is -0.472 e. The number of hydrogen-bond acceptors (Lipinski definition) is 7. The molecule has 3 aromatic rings. The van der Waals surface area contributed by atoms with Gasteiger partial charge in [0, 0.05) is 31.6 Å². The van der Waals surface area contributed by atoms with E-state index in [2.05, 4.69) is 15.5 Å². The van der Waals surface area contributed by atoms with Crippen LogP contribution in [0.1, 0.15) is 62.6 Å². The highest BCUT2D eigenvalue weighted by molar-refractivity contribution is 5.96. The fourth-order valence-corrected chi connectivity index (χ4v) is 3.98. The smallest absolute Gasteiger partial charge is 0.337 e. The number of fused-ring (bicyclic) bond motifs is 1. The van der Waals surface area contributed by atoms with Crippen molar-refractivity contribution in [2.24, 2.45) is 5.92 Å². The van der Waals surface area contributed by atoms with Crippen molar-refractivity contribution in [1.82, 2.24) is 25.0 Å². The van der Waals surface area contributed by atoms with E-state index >= 15 is 0 Å². The Morgan fingerprint density at radius 3 is 2.38 bits per heavy atom. The molecule has 0 aliphatic carbocycles. The summed E-state index contributed by atoms with van der Waals surface area (Å²) in [7, 11) is 1.32. The number of aromatic nitrogens is 3. The van der Waals surface area contributed by atoms with Gasteiger partial charge in [-0.25, -0.2) is 4.79 Å². The predicted octanol–water partition coefficient (Wildman–Crippen LogP) is 2.48. The van der Waals surface area contributed by atoms with Gasteiger partial charge in [-0.05, 0) is 36.2 Å². The summed E-state index contributed by atoms with van der Waals surface area (Å²) in [5.41, 5.74) is 1.33. The lowest BCUT2D eigenvalue weighted by Crippen LogP contribution is -2.35. The quantitative estimate of drug-likeness (QED) is 0.556. The zero-order valence-corrected chi connectivity index (χ0v) is 19.4. The number of carbonyl (C=O) groups excluding carboxylic acids is 3. The van der Waals surface area contributed by atoms with Crippen LogP contribution < -0.4 is 5.32 Å². The first-order valence-electron chi connectivity index (χ1n) is 11.1. The third-order valence-electron chi connectivity index (χ3n) is 5.91. The second-order valence-electron chi connectivity index (χ2n) is 8.44. The zero-order chi connectivity index (χ0) is 24.2. The highest BCUT2D eigenvalue weighted by Crippen LogP contribution is 2.23. The van der Waals surface area contributed by atoms with E-state index in [4.69, 9.17) is 9.15 Å². The molecule has 0 saturated carbocycles. The van der Waals surface area contributed by atoms with E-state index in [0.717, 1.165) is 5.82 Å². The lowest BCUT2D eigenvalue weighted by Gasteiger charge is -2.23. The normalized spacial score (nSPS) is 14.3. The third kappa shape index (κ3) is 4.70. The van der Waals surface area contributed by atoms with E-state index in [-0.39, 0.29) is 23.8 Å². The van der Waals surface area contributed by atoms with Crippen LogP contribution in [0.2, 0.25) is 0 Å². The number of nitrogens with one attached hydrogen (secondary N) is 1. The van der Waals surface area contributed by atoms with Crippen LogP contribution in [-0.2, 0) is 17.7 Å². The molecule has 1 N–H and O–H groups in total. The van der Waals surface area contributed by atoms with Gasteiger partial charge in [0.05, 0.1) is 30.5 Å². The molecule has 0 saturated heterocycles. The van der Waals surface area contributed by atoms with Crippen molar-refractivity contribution in [3.05, 3.63) is 71.2 Å². The van der Waals surface area contributed by atoms with Crippen molar-refractivity contribution < 1.29 is 23.5 Å². The lowest BCUT2D eigenvalue weighted by molar-refractivity contribution is 0.0599. The number of nitrogens with zero attached hydrogens (tertiary/aromatic N) is 4. The Balaban J connectivity index is 1.48. The summed E-state index contributed by atoms with van der Waals surface area (Å²) in [6.45, 7) is 5.48. The summed E-state index contributed by atoms with van der Waals surface area (Å²) < 4.78 is 11.7. The van der Waals surface area contributed by atoms with Crippen LogP contribution >= 0.6 is 0 Å². The Hall–Kier alpha value is -3.95. The molecule has 1 aliphatic heterocycles. The van der Waals surface area contributed by atoms with Crippen LogP contribution in [-0.4, -0.2) is 57.6 Å². The molecule has 1 atom stereocenters. The van der Waals surface area contributed by atoms with Crippen LogP contribution in [0.4, 0.5) is 0 Å². The average Bonchev–Trinajstić information content (AvgIpc) is 3.48. The molecule has 4 rings (SSSR count). The van der Waals surface area contributed by atoms with Gasteiger partial charge < -0.3 is 23.9 Å². The zero-order valence-electron chi connectivity index (χ0n) is 19.4. The Kier molecular flexibility index (Phi) is 6.76. The van der Waals surface area contributed by atoms with Gasteiger partial charge in [-0.15, -0.1) is 10.2 Å². The molecule has 3 heterocycles. The molecule has 0 spiro atoms. The van der Waals surface area contributed by atoms with Crippen molar-refractivity contribution in [3.8, 4) is 0 Å². The van der Waals surface area contributed by atoms with E-state index in [1.54, 1.807) is 35.2 Å². The van der Waals surface area contributed by atoms with Crippen molar-refractivity contribution in [2.45, 2.75) is 32.9 Å². The summed E-state index contributed by atoms with van der Waals surface area (Å²) in [4.78, 5) is 39.1. The van der Waals surface area contributed by atoms with Gasteiger partial charge in [0.15, 0.2) is 5.82 Å².